The molecule has 2 heterocycles. The largest absolute Gasteiger partial charge is 0.481 e. The standard InChI is InChI=1S/C14H17N3O4/c1-2-3-10-15-12(14(20)21)13(16-10)17-7-6-9(8-17)4-5-11(18)19/h6-8H,2-5H2,1H3,(H,15,16)(H,18,19)(H,20,21). The molecule has 21 heavy (non-hydrogen) atoms. The first-order valence-corrected chi connectivity index (χ1v) is 6.72. The lowest BCUT2D eigenvalue weighted by Gasteiger charge is -1.99. The third-order valence-electron chi connectivity index (χ3n) is 3.06. The molecular weight excluding hydrogens is 274 g/mol. The summed E-state index contributed by atoms with van der Waals surface area (Å²) in [7, 11) is 0. The molecule has 3 N–H and O–H groups in total. The smallest absolute Gasteiger partial charge is 0.356 e. The lowest BCUT2D eigenvalue weighted by molar-refractivity contribution is -0.136. The van der Waals surface area contributed by atoms with E-state index in [9.17, 15) is 14.7 Å². The molecule has 0 aliphatic heterocycles. The number of aromatic amines is 1. The van der Waals surface area contributed by atoms with Crippen LogP contribution in [0.15, 0.2) is 18.5 Å². The van der Waals surface area contributed by atoms with E-state index in [-0.39, 0.29) is 12.1 Å². The average Bonchev–Trinajstić information content (AvgIpc) is 3.02. The van der Waals surface area contributed by atoms with Crippen LogP contribution in [0.4, 0.5) is 0 Å². The first kappa shape index (κ1) is 14.8. The Bertz CT molecular complexity index is 657. The van der Waals surface area contributed by atoms with Crippen LogP contribution in [0.2, 0.25) is 0 Å². The summed E-state index contributed by atoms with van der Waals surface area (Å²) >= 11 is 0. The quantitative estimate of drug-likeness (QED) is 0.721. The number of rotatable bonds is 7. The van der Waals surface area contributed by atoms with Crippen LogP contribution in [0.5, 0.6) is 0 Å². The minimum absolute atomic E-state index is 0.0391. The van der Waals surface area contributed by atoms with E-state index >= 15 is 0 Å². The molecule has 0 amide bonds. The molecule has 2 aromatic rings. The lowest BCUT2D eigenvalue weighted by atomic mass is 10.2. The number of aryl methyl sites for hydroxylation is 2. The van der Waals surface area contributed by atoms with Gasteiger partial charge in [0, 0.05) is 25.2 Å². The van der Waals surface area contributed by atoms with Crippen molar-refractivity contribution in [1.82, 2.24) is 14.5 Å². The van der Waals surface area contributed by atoms with Crippen molar-refractivity contribution in [3.63, 3.8) is 0 Å². The van der Waals surface area contributed by atoms with Crippen LogP contribution < -0.4 is 0 Å². The molecule has 0 atom stereocenters. The number of nitrogens with one attached hydrogen (secondary N) is 1. The Labute approximate surface area is 121 Å². The van der Waals surface area contributed by atoms with Gasteiger partial charge in [-0.15, -0.1) is 0 Å². The summed E-state index contributed by atoms with van der Waals surface area (Å²) in [5.74, 6) is -0.974. The minimum Gasteiger partial charge on any atom is -0.481 e. The highest BCUT2D eigenvalue weighted by molar-refractivity contribution is 5.89. The van der Waals surface area contributed by atoms with E-state index < -0.39 is 11.9 Å². The van der Waals surface area contributed by atoms with Crippen molar-refractivity contribution in [3.8, 4) is 5.82 Å². The van der Waals surface area contributed by atoms with Gasteiger partial charge in [-0.05, 0) is 24.5 Å². The van der Waals surface area contributed by atoms with Crippen molar-refractivity contribution in [2.45, 2.75) is 32.6 Å². The second kappa shape index (κ2) is 6.25. The first-order valence-electron chi connectivity index (χ1n) is 6.72. The molecule has 0 aromatic carbocycles. The number of carboxylic acids is 2. The van der Waals surface area contributed by atoms with Gasteiger partial charge in [0.15, 0.2) is 11.5 Å². The summed E-state index contributed by atoms with van der Waals surface area (Å²) in [4.78, 5) is 29.0. The Balaban J connectivity index is 2.28. The van der Waals surface area contributed by atoms with Crippen molar-refractivity contribution in [2.75, 3.05) is 0 Å². The molecule has 0 aliphatic carbocycles. The number of carboxylic acid groups (broad SMARTS) is 2. The topological polar surface area (TPSA) is 108 Å². The Morgan fingerprint density at radius 3 is 2.71 bits per heavy atom. The number of aromatic carboxylic acids is 1. The summed E-state index contributed by atoms with van der Waals surface area (Å²) in [5, 5.41) is 17.9. The summed E-state index contributed by atoms with van der Waals surface area (Å²) in [6.45, 7) is 1.99. The number of aliphatic carboxylic acids is 1. The van der Waals surface area contributed by atoms with Gasteiger partial charge in [0.05, 0.1) is 0 Å². The molecule has 0 aliphatic rings. The maximum absolute atomic E-state index is 11.3. The van der Waals surface area contributed by atoms with Crippen LogP contribution >= 0.6 is 0 Å². The molecule has 7 nitrogen and oxygen atoms in total. The maximum Gasteiger partial charge on any atom is 0.356 e. The van der Waals surface area contributed by atoms with Gasteiger partial charge in [0.1, 0.15) is 5.82 Å². The predicted molar refractivity (Wildman–Crippen MR) is 74.8 cm³/mol. The predicted octanol–water partition coefficient (Wildman–Crippen LogP) is 1.87. The van der Waals surface area contributed by atoms with E-state index in [0.717, 1.165) is 12.0 Å². The van der Waals surface area contributed by atoms with Gasteiger partial charge in [-0.2, -0.15) is 0 Å². The van der Waals surface area contributed by atoms with Crippen molar-refractivity contribution in [2.24, 2.45) is 0 Å². The van der Waals surface area contributed by atoms with Gasteiger partial charge in [-0.1, -0.05) is 6.92 Å². The molecule has 2 aromatic heterocycles. The van der Waals surface area contributed by atoms with E-state index in [4.69, 9.17) is 5.11 Å². The zero-order valence-corrected chi connectivity index (χ0v) is 11.7. The molecule has 0 spiro atoms. The van der Waals surface area contributed by atoms with Crippen molar-refractivity contribution < 1.29 is 19.8 Å². The van der Waals surface area contributed by atoms with E-state index in [0.29, 0.717) is 24.5 Å². The highest BCUT2D eigenvalue weighted by Gasteiger charge is 2.17. The van der Waals surface area contributed by atoms with Crippen LogP contribution in [0, 0.1) is 0 Å². The van der Waals surface area contributed by atoms with Crippen molar-refractivity contribution >= 4 is 11.9 Å². The fourth-order valence-corrected chi connectivity index (χ4v) is 2.07. The molecule has 0 fully saturated rings. The van der Waals surface area contributed by atoms with Crippen LogP contribution in [0.3, 0.4) is 0 Å². The number of nitrogens with zero attached hydrogens (tertiary/aromatic N) is 2. The Morgan fingerprint density at radius 2 is 2.10 bits per heavy atom. The lowest BCUT2D eigenvalue weighted by Crippen LogP contribution is -2.03. The third kappa shape index (κ3) is 3.50. The van der Waals surface area contributed by atoms with Crippen molar-refractivity contribution in [3.05, 3.63) is 35.5 Å². The fraction of sp³-hybridized carbons (Fsp3) is 0.357. The van der Waals surface area contributed by atoms with Crippen LogP contribution in [-0.4, -0.2) is 36.7 Å². The average molecular weight is 291 g/mol. The monoisotopic (exact) mass is 291 g/mol. The summed E-state index contributed by atoms with van der Waals surface area (Å²) in [5.41, 5.74) is 0.868. The van der Waals surface area contributed by atoms with Gasteiger partial charge < -0.3 is 19.8 Å². The van der Waals surface area contributed by atoms with Gasteiger partial charge in [-0.3, -0.25) is 4.79 Å². The number of imidazole rings is 1. The van der Waals surface area contributed by atoms with E-state index in [1.165, 1.54) is 0 Å². The van der Waals surface area contributed by atoms with Crippen LogP contribution in [0.1, 0.15) is 41.6 Å². The van der Waals surface area contributed by atoms with E-state index in [1.807, 2.05) is 6.92 Å². The highest BCUT2D eigenvalue weighted by atomic mass is 16.4. The minimum atomic E-state index is -1.07. The van der Waals surface area contributed by atoms with E-state index in [1.54, 1.807) is 23.0 Å². The molecule has 2 rings (SSSR count). The maximum atomic E-state index is 11.3. The number of hydrogen-bond donors (Lipinski definition) is 3. The molecular formula is C14H17N3O4. The molecule has 0 unspecified atom stereocenters. The summed E-state index contributed by atoms with van der Waals surface area (Å²) in [6.07, 6.45) is 5.38. The third-order valence-corrected chi connectivity index (χ3v) is 3.06. The number of hydrogen-bond acceptors (Lipinski definition) is 3. The first-order chi connectivity index (χ1) is 10.0. The van der Waals surface area contributed by atoms with Crippen molar-refractivity contribution in [1.29, 1.82) is 0 Å². The molecule has 112 valence electrons. The van der Waals surface area contributed by atoms with Gasteiger partial charge >= 0.3 is 11.9 Å². The van der Waals surface area contributed by atoms with Gasteiger partial charge in [0.25, 0.3) is 0 Å². The second-order valence-corrected chi connectivity index (χ2v) is 4.76. The van der Waals surface area contributed by atoms with E-state index in [2.05, 4.69) is 9.97 Å². The number of aromatic nitrogens is 3. The molecule has 0 bridgehead atoms. The second-order valence-electron chi connectivity index (χ2n) is 4.76. The zero-order valence-electron chi connectivity index (χ0n) is 11.7. The summed E-state index contributed by atoms with van der Waals surface area (Å²) < 4.78 is 1.61. The van der Waals surface area contributed by atoms with Gasteiger partial charge in [-0.25, -0.2) is 9.78 Å². The molecule has 0 saturated carbocycles. The molecule has 0 radical (unpaired) electrons. The summed E-state index contributed by atoms with van der Waals surface area (Å²) in [6, 6.07) is 1.77. The Hall–Kier alpha value is -2.57. The van der Waals surface area contributed by atoms with Crippen LogP contribution in [0.25, 0.3) is 5.82 Å². The Morgan fingerprint density at radius 1 is 1.33 bits per heavy atom. The fourth-order valence-electron chi connectivity index (χ4n) is 2.07. The highest BCUT2D eigenvalue weighted by Crippen LogP contribution is 2.16. The van der Waals surface area contributed by atoms with Crippen LogP contribution in [-0.2, 0) is 17.6 Å². The Kier molecular flexibility index (Phi) is 4.42. The van der Waals surface area contributed by atoms with Gasteiger partial charge in [0.2, 0.25) is 0 Å². The number of H-pyrrole nitrogens is 1. The molecule has 7 heteroatoms. The molecule has 0 saturated heterocycles. The SMILES string of the molecule is CCCc1nc(-n2ccc(CCC(=O)O)c2)c(C(=O)O)[nH]1. The normalized spacial score (nSPS) is 10.7. The number of carbonyl (C=O) groups is 2. The zero-order chi connectivity index (χ0) is 15.4.